The fourth-order valence-corrected chi connectivity index (χ4v) is 11.9. The lowest BCUT2D eigenvalue weighted by Gasteiger charge is -2.25. The Morgan fingerprint density at radius 3 is 1.18 bits per heavy atom. The highest BCUT2D eigenvalue weighted by atomic mass is 28.2. The first-order valence-corrected chi connectivity index (χ1v) is 22.3. The quantitative estimate of drug-likeness (QED) is 0.130. The molecule has 6 rings (SSSR count). The van der Waals surface area contributed by atoms with Gasteiger partial charge in [0.2, 0.25) is 0 Å². The minimum absolute atomic E-state index is 0.378. The van der Waals surface area contributed by atoms with Crippen LogP contribution in [0.3, 0.4) is 0 Å². The summed E-state index contributed by atoms with van der Waals surface area (Å²) < 4.78 is 0. The van der Waals surface area contributed by atoms with E-state index in [4.69, 9.17) is 0 Å². The van der Waals surface area contributed by atoms with Crippen molar-refractivity contribution in [2.45, 2.75) is 132 Å². The summed E-state index contributed by atoms with van der Waals surface area (Å²) in [7, 11) is -0.378. The van der Waals surface area contributed by atoms with Gasteiger partial charge in [-0.2, -0.15) is 0 Å². The predicted octanol–water partition coefficient (Wildman–Crippen LogP) is 14.3. The van der Waals surface area contributed by atoms with E-state index in [2.05, 4.69) is 156 Å². The van der Waals surface area contributed by atoms with Crippen LogP contribution < -0.4 is 0 Å². The lowest BCUT2D eigenvalue weighted by Crippen LogP contribution is -2.13. The third-order valence-electron chi connectivity index (χ3n) is 12.4. The number of benzene rings is 4. The molecule has 0 nitrogen and oxygen atoms in total. The Labute approximate surface area is 313 Å². The predicted molar refractivity (Wildman–Crippen MR) is 229 cm³/mol. The summed E-state index contributed by atoms with van der Waals surface area (Å²) in [5.74, 6) is 3.28. The maximum atomic E-state index is 2.65. The minimum atomic E-state index is -0.378. The Balaban J connectivity index is 1.38. The number of fused-ring (bicyclic) bond motifs is 2. The van der Waals surface area contributed by atoms with Gasteiger partial charge in [0.05, 0.1) is 0 Å². The highest BCUT2D eigenvalue weighted by Gasteiger charge is 2.34. The zero-order chi connectivity index (χ0) is 36.7. The van der Waals surface area contributed by atoms with Gasteiger partial charge in [-0.25, -0.2) is 0 Å². The molecule has 268 valence electrons. The second kappa shape index (κ2) is 15.3. The van der Waals surface area contributed by atoms with Crippen molar-refractivity contribution in [2.75, 3.05) is 0 Å². The van der Waals surface area contributed by atoms with Crippen molar-refractivity contribution >= 4 is 21.7 Å². The lowest BCUT2D eigenvalue weighted by molar-refractivity contribution is 0.609. The highest BCUT2D eigenvalue weighted by Crippen LogP contribution is 2.51. The molecule has 0 aromatic heterocycles. The number of allylic oxidation sites excluding steroid dienone is 2. The SMILES string of the molecule is CCC(C)C1=Cc2c(ccc(C(C)C)c2-c2cc(C)cc(C)c2)C1C[SiH2]CC1C(C(C)CC)=Cc2c1ccc(C(C)C)c2-c1cc(C)cc(C)c1. The van der Waals surface area contributed by atoms with Crippen molar-refractivity contribution in [2.24, 2.45) is 11.8 Å². The molecule has 1 heteroatoms. The van der Waals surface area contributed by atoms with Crippen LogP contribution in [0.2, 0.25) is 12.1 Å². The fourth-order valence-electron chi connectivity index (χ4n) is 9.58. The minimum Gasteiger partial charge on any atom is -0.0648 e. The summed E-state index contributed by atoms with van der Waals surface area (Å²) in [5.41, 5.74) is 23.8. The maximum Gasteiger partial charge on any atom is 0.0218 e. The molecule has 4 aromatic rings. The molecule has 4 atom stereocenters. The van der Waals surface area contributed by atoms with Gasteiger partial charge in [0.15, 0.2) is 0 Å². The van der Waals surface area contributed by atoms with E-state index >= 15 is 0 Å². The largest absolute Gasteiger partial charge is 0.0648 e. The lowest BCUT2D eigenvalue weighted by atomic mass is 9.84. The first kappa shape index (κ1) is 37.3. The number of hydrogen-bond acceptors (Lipinski definition) is 0. The Bertz CT molecular complexity index is 1800. The van der Waals surface area contributed by atoms with Crippen LogP contribution in [0.5, 0.6) is 0 Å². The average Bonchev–Trinajstić information content (AvgIpc) is 3.64. The molecule has 4 unspecified atom stereocenters. The smallest absolute Gasteiger partial charge is 0.0218 e. The van der Waals surface area contributed by atoms with Crippen LogP contribution in [0.25, 0.3) is 34.4 Å². The summed E-state index contributed by atoms with van der Waals surface area (Å²) in [6, 6.07) is 27.0. The standard InChI is InChI=1S/C50H64Si/c1-13-35(11)43-25-45-41(17-15-39(29(3)4)49(45)37-21-31(7)19-32(8)22-37)47(43)27-51-28-48-42-18-16-40(30(5)6)50(38-23-33(9)20-34(10)24-38)46(42)26-44(48)36(12)14-2/h15-26,29-30,35-36,47-48H,13-14,27-28,51H2,1-12H3. The molecular formula is C50H64Si. The van der Waals surface area contributed by atoms with E-state index in [0.717, 1.165) is 0 Å². The molecule has 0 saturated carbocycles. The molecular weight excluding hydrogens is 629 g/mol. The van der Waals surface area contributed by atoms with Gasteiger partial charge in [-0.05, 0) is 120 Å². The molecule has 2 aliphatic carbocycles. The van der Waals surface area contributed by atoms with Crippen molar-refractivity contribution in [3.63, 3.8) is 0 Å². The first-order chi connectivity index (χ1) is 24.3. The van der Waals surface area contributed by atoms with Crippen molar-refractivity contribution in [3.8, 4) is 22.3 Å². The molecule has 0 saturated heterocycles. The van der Waals surface area contributed by atoms with Crippen LogP contribution in [-0.2, 0) is 0 Å². The van der Waals surface area contributed by atoms with Gasteiger partial charge in [-0.15, -0.1) is 0 Å². The van der Waals surface area contributed by atoms with E-state index in [1.807, 2.05) is 0 Å². The molecule has 0 N–H and O–H groups in total. The Morgan fingerprint density at radius 1 is 0.510 bits per heavy atom. The second-order valence-corrected chi connectivity index (χ2v) is 18.9. The van der Waals surface area contributed by atoms with E-state index < -0.39 is 0 Å². The zero-order valence-corrected chi connectivity index (χ0v) is 35.3. The molecule has 0 radical (unpaired) electrons. The number of rotatable bonds is 12. The zero-order valence-electron chi connectivity index (χ0n) is 33.9. The topological polar surface area (TPSA) is 0 Å². The van der Waals surface area contributed by atoms with Gasteiger partial charge < -0.3 is 0 Å². The van der Waals surface area contributed by atoms with Gasteiger partial charge in [0.1, 0.15) is 0 Å². The number of aryl methyl sites for hydroxylation is 4. The van der Waals surface area contributed by atoms with Crippen molar-refractivity contribution in [1.82, 2.24) is 0 Å². The molecule has 0 spiro atoms. The third kappa shape index (κ3) is 7.30. The van der Waals surface area contributed by atoms with E-state index in [9.17, 15) is 0 Å². The van der Waals surface area contributed by atoms with Crippen molar-refractivity contribution in [3.05, 3.63) is 127 Å². The van der Waals surface area contributed by atoms with Crippen LogP contribution in [-0.4, -0.2) is 9.52 Å². The molecule has 0 amide bonds. The summed E-state index contributed by atoms with van der Waals surface area (Å²) in [6.07, 6.45) is 7.70. The van der Waals surface area contributed by atoms with Crippen molar-refractivity contribution in [1.29, 1.82) is 0 Å². The van der Waals surface area contributed by atoms with Gasteiger partial charge in [0, 0.05) is 21.4 Å². The maximum absolute atomic E-state index is 2.65. The molecule has 0 fully saturated rings. The summed E-state index contributed by atoms with van der Waals surface area (Å²) in [6.45, 7) is 28.2. The second-order valence-electron chi connectivity index (χ2n) is 17.1. The van der Waals surface area contributed by atoms with Crippen LogP contribution in [0.15, 0.2) is 71.8 Å². The van der Waals surface area contributed by atoms with E-state index in [-0.39, 0.29) is 9.52 Å². The molecule has 0 aliphatic heterocycles. The Kier molecular flexibility index (Phi) is 11.2. The van der Waals surface area contributed by atoms with Gasteiger partial charge >= 0.3 is 0 Å². The van der Waals surface area contributed by atoms with Crippen LogP contribution >= 0.6 is 0 Å². The van der Waals surface area contributed by atoms with E-state index in [0.29, 0.717) is 35.5 Å². The molecule has 0 heterocycles. The van der Waals surface area contributed by atoms with Crippen LogP contribution in [0.4, 0.5) is 0 Å². The molecule has 0 bridgehead atoms. The molecule has 51 heavy (non-hydrogen) atoms. The fraction of sp³-hybridized carbons (Fsp3) is 0.440. The summed E-state index contributed by atoms with van der Waals surface area (Å²) >= 11 is 0. The first-order valence-electron chi connectivity index (χ1n) is 20.3. The number of hydrogen-bond donors (Lipinski definition) is 0. The average molecular weight is 693 g/mol. The van der Waals surface area contributed by atoms with Gasteiger partial charge in [-0.3, -0.25) is 0 Å². The Hall–Kier alpha value is -3.42. The monoisotopic (exact) mass is 692 g/mol. The summed E-state index contributed by atoms with van der Waals surface area (Å²) in [4.78, 5) is 0. The molecule has 4 aromatic carbocycles. The Morgan fingerprint density at radius 2 is 0.863 bits per heavy atom. The van der Waals surface area contributed by atoms with Gasteiger partial charge in [-0.1, -0.05) is 174 Å². The highest BCUT2D eigenvalue weighted by molar-refractivity contribution is 6.36. The van der Waals surface area contributed by atoms with E-state index in [1.54, 1.807) is 22.3 Å². The van der Waals surface area contributed by atoms with E-state index in [1.165, 1.54) is 91.7 Å². The van der Waals surface area contributed by atoms with Crippen LogP contribution in [0, 0.1) is 39.5 Å². The van der Waals surface area contributed by atoms with Crippen LogP contribution in [0.1, 0.15) is 148 Å². The van der Waals surface area contributed by atoms with Crippen molar-refractivity contribution < 1.29 is 0 Å². The van der Waals surface area contributed by atoms with Gasteiger partial charge in [0.25, 0.3) is 0 Å². The molecule has 2 aliphatic rings. The normalized spacial score (nSPS) is 18.1. The summed E-state index contributed by atoms with van der Waals surface area (Å²) in [5, 5.41) is 0. The third-order valence-corrected chi connectivity index (χ3v) is 14.4.